The Morgan fingerprint density at radius 2 is 1.18 bits per heavy atom. The molecule has 0 saturated heterocycles. The number of carbonyl (C=O) groups excluding carboxylic acids is 2. The van der Waals surface area contributed by atoms with Crippen LogP contribution in [0, 0.1) is 10.8 Å². The van der Waals surface area contributed by atoms with Gasteiger partial charge < -0.3 is 25.0 Å². The van der Waals surface area contributed by atoms with E-state index in [2.05, 4.69) is 22.6 Å². The Morgan fingerprint density at radius 3 is 1.54 bits per heavy atom. The highest BCUT2D eigenvalue weighted by molar-refractivity contribution is 5.85. The average Bonchev–Trinajstić information content (AvgIpc) is 3.59. The van der Waals surface area contributed by atoms with Crippen molar-refractivity contribution in [1.29, 1.82) is 0 Å². The van der Waals surface area contributed by atoms with Gasteiger partial charge in [-0.3, -0.25) is 9.59 Å². The topological polar surface area (TPSA) is 79.9 Å². The number of hydrogen-bond acceptors (Lipinski definition) is 5. The predicted molar refractivity (Wildman–Crippen MR) is 109 cm³/mol. The summed E-state index contributed by atoms with van der Waals surface area (Å²) in [5.74, 6) is 0.374. The Hall–Kier alpha value is -1.18. The first-order valence-corrected chi connectivity index (χ1v) is 10.8. The van der Waals surface area contributed by atoms with Gasteiger partial charge in [-0.2, -0.15) is 0 Å². The van der Waals surface area contributed by atoms with Crippen molar-refractivity contribution < 1.29 is 19.1 Å². The molecule has 28 heavy (non-hydrogen) atoms. The van der Waals surface area contributed by atoms with E-state index in [9.17, 15) is 9.59 Å². The number of hydrogen-bond donors (Lipinski definition) is 2. The lowest BCUT2D eigenvalue weighted by atomic mass is 10.1. The Balaban J connectivity index is 1.30. The molecule has 2 amide bonds. The molecule has 0 spiro atoms. The van der Waals surface area contributed by atoms with E-state index < -0.39 is 0 Å². The SMILES string of the molecule is CN(CCOCCCNC(=O)C1(C)CC1)CCOCCCNC(=O)C1(C)CC1. The Labute approximate surface area is 169 Å². The third kappa shape index (κ3) is 8.45. The molecule has 0 heterocycles. The summed E-state index contributed by atoms with van der Waals surface area (Å²) in [5.41, 5.74) is -0.178. The molecule has 0 aromatic carbocycles. The van der Waals surface area contributed by atoms with E-state index in [0.29, 0.717) is 39.5 Å². The first kappa shape index (κ1) is 23.1. The van der Waals surface area contributed by atoms with Crippen LogP contribution in [0.3, 0.4) is 0 Å². The fraction of sp³-hybridized carbons (Fsp3) is 0.905. The van der Waals surface area contributed by atoms with Crippen molar-refractivity contribution in [3.05, 3.63) is 0 Å². The van der Waals surface area contributed by atoms with Crippen molar-refractivity contribution in [3.8, 4) is 0 Å². The highest BCUT2D eigenvalue weighted by atomic mass is 16.5. The number of amides is 2. The summed E-state index contributed by atoms with van der Waals surface area (Å²) in [6, 6.07) is 0. The van der Waals surface area contributed by atoms with Gasteiger partial charge in [-0.15, -0.1) is 0 Å². The molecule has 0 radical (unpaired) electrons. The standard InChI is InChI=1S/C21H39N3O4/c1-20(6-7-20)18(25)22-10-4-14-27-16-12-24(3)13-17-28-15-5-11-23-19(26)21(2)8-9-21/h4-17H2,1-3H3,(H,22,25)(H,23,26). The van der Waals surface area contributed by atoms with Gasteiger partial charge in [-0.05, 0) is 45.6 Å². The van der Waals surface area contributed by atoms with Crippen LogP contribution in [-0.4, -0.2) is 76.4 Å². The van der Waals surface area contributed by atoms with Crippen LogP contribution >= 0.6 is 0 Å². The zero-order valence-corrected chi connectivity index (χ0v) is 18.0. The minimum atomic E-state index is -0.0888. The second kappa shape index (κ2) is 11.1. The third-order valence-corrected chi connectivity index (χ3v) is 5.83. The quantitative estimate of drug-likeness (QED) is 0.387. The number of nitrogens with one attached hydrogen (secondary N) is 2. The Bertz CT molecular complexity index is 460. The van der Waals surface area contributed by atoms with Gasteiger partial charge in [0, 0.05) is 50.2 Å². The van der Waals surface area contributed by atoms with Crippen molar-refractivity contribution in [1.82, 2.24) is 15.5 Å². The summed E-state index contributed by atoms with van der Waals surface area (Å²) in [7, 11) is 2.06. The molecule has 2 rings (SSSR count). The third-order valence-electron chi connectivity index (χ3n) is 5.83. The van der Waals surface area contributed by atoms with Gasteiger partial charge in [-0.25, -0.2) is 0 Å². The van der Waals surface area contributed by atoms with Crippen LogP contribution in [0.5, 0.6) is 0 Å². The van der Waals surface area contributed by atoms with Crippen molar-refractivity contribution in [3.63, 3.8) is 0 Å². The molecule has 7 nitrogen and oxygen atoms in total. The molecule has 0 atom stereocenters. The van der Waals surface area contributed by atoms with Gasteiger partial charge in [0.2, 0.25) is 11.8 Å². The molecule has 0 aromatic heterocycles. The van der Waals surface area contributed by atoms with Crippen LogP contribution in [-0.2, 0) is 19.1 Å². The highest BCUT2D eigenvalue weighted by Crippen LogP contribution is 2.45. The number of nitrogens with zero attached hydrogens (tertiary/aromatic N) is 1. The largest absolute Gasteiger partial charge is 0.380 e. The zero-order valence-electron chi connectivity index (χ0n) is 18.0. The lowest BCUT2D eigenvalue weighted by Crippen LogP contribution is -2.32. The summed E-state index contributed by atoms with van der Waals surface area (Å²) in [4.78, 5) is 25.7. The molecule has 7 heteroatoms. The number of carbonyl (C=O) groups is 2. The van der Waals surface area contributed by atoms with Gasteiger partial charge in [-0.1, -0.05) is 13.8 Å². The lowest BCUT2D eigenvalue weighted by molar-refractivity contribution is -0.126. The normalized spacial score (nSPS) is 18.7. The minimum Gasteiger partial charge on any atom is -0.380 e. The Morgan fingerprint density at radius 1 is 0.786 bits per heavy atom. The van der Waals surface area contributed by atoms with Gasteiger partial charge in [0.25, 0.3) is 0 Å². The maximum absolute atomic E-state index is 11.8. The number of ether oxygens (including phenoxy) is 2. The van der Waals surface area contributed by atoms with Crippen LogP contribution < -0.4 is 10.6 Å². The maximum atomic E-state index is 11.8. The molecule has 2 aliphatic rings. The van der Waals surface area contributed by atoms with Crippen molar-refractivity contribution in [2.24, 2.45) is 10.8 Å². The molecule has 2 fully saturated rings. The van der Waals surface area contributed by atoms with Gasteiger partial charge >= 0.3 is 0 Å². The van der Waals surface area contributed by atoms with Crippen molar-refractivity contribution >= 4 is 11.8 Å². The molecule has 2 saturated carbocycles. The van der Waals surface area contributed by atoms with Crippen LogP contribution in [0.2, 0.25) is 0 Å². The monoisotopic (exact) mass is 397 g/mol. The fourth-order valence-electron chi connectivity index (χ4n) is 2.76. The van der Waals surface area contributed by atoms with Crippen molar-refractivity contribution in [2.45, 2.75) is 52.4 Å². The summed E-state index contributed by atoms with van der Waals surface area (Å²) < 4.78 is 11.3. The minimum absolute atomic E-state index is 0.0888. The second-order valence-corrected chi connectivity index (χ2v) is 8.87. The Kier molecular flexibility index (Phi) is 9.18. The molecular weight excluding hydrogens is 358 g/mol. The molecular formula is C21H39N3O4. The molecule has 2 N–H and O–H groups in total. The van der Waals surface area contributed by atoms with E-state index in [4.69, 9.17) is 9.47 Å². The first-order valence-electron chi connectivity index (χ1n) is 10.8. The molecule has 2 aliphatic carbocycles. The zero-order chi connectivity index (χ0) is 20.5. The van der Waals surface area contributed by atoms with Crippen LogP contribution in [0.15, 0.2) is 0 Å². The number of likely N-dealkylation sites (N-methyl/N-ethyl adjacent to an activating group) is 1. The molecule has 0 aliphatic heterocycles. The molecule has 0 bridgehead atoms. The predicted octanol–water partition coefficient (Wildman–Crippen LogP) is 1.56. The van der Waals surface area contributed by atoms with Crippen LogP contribution in [0.4, 0.5) is 0 Å². The molecule has 0 unspecified atom stereocenters. The van der Waals surface area contributed by atoms with Crippen LogP contribution in [0.1, 0.15) is 52.4 Å². The van der Waals surface area contributed by atoms with Gasteiger partial charge in [0.15, 0.2) is 0 Å². The smallest absolute Gasteiger partial charge is 0.225 e. The molecule has 0 aromatic rings. The average molecular weight is 398 g/mol. The van der Waals surface area contributed by atoms with E-state index in [1.807, 2.05) is 13.8 Å². The first-order chi connectivity index (χ1) is 13.4. The summed E-state index contributed by atoms with van der Waals surface area (Å²) in [5, 5.41) is 5.96. The van der Waals surface area contributed by atoms with Gasteiger partial charge in [0.05, 0.1) is 13.2 Å². The molecule has 162 valence electrons. The number of rotatable bonds is 16. The van der Waals surface area contributed by atoms with Gasteiger partial charge in [0.1, 0.15) is 0 Å². The maximum Gasteiger partial charge on any atom is 0.225 e. The van der Waals surface area contributed by atoms with Crippen LogP contribution in [0.25, 0.3) is 0 Å². The highest BCUT2D eigenvalue weighted by Gasteiger charge is 2.45. The second-order valence-electron chi connectivity index (χ2n) is 8.87. The van der Waals surface area contributed by atoms with E-state index in [-0.39, 0.29) is 22.6 Å². The van der Waals surface area contributed by atoms with E-state index in [1.165, 1.54) is 0 Å². The van der Waals surface area contributed by atoms with Crippen molar-refractivity contribution in [2.75, 3.05) is 59.7 Å². The van der Waals surface area contributed by atoms with E-state index in [1.54, 1.807) is 0 Å². The fourth-order valence-corrected chi connectivity index (χ4v) is 2.76. The summed E-state index contributed by atoms with van der Waals surface area (Å²) in [6.07, 6.45) is 5.76. The summed E-state index contributed by atoms with van der Waals surface area (Å²) >= 11 is 0. The lowest BCUT2D eigenvalue weighted by Gasteiger charge is -2.17. The summed E-state index contributed by atoms with van der Waals surface area (Å²) in [6.45, 7) is 9.87. The van der Waals surface area contributed by atoms with E-state index in [0.717, 1.165) is 51.6 Å². The van der Waals surface area contributed by atoms with E-state index >= 15 is 0 Å².